The number of ether oxygens (including phenoxy) is 2. The highest BCUT2D eigenvalue weighted by molar-refractivity contribution is 6.33. The van der Waals surface area contributed by atoms with E-state index in [0.717, 1.165) is 0 Å². The predicted molar refractivity (Wildman–Crippen MR) is 53.2 cm³/mol. The molecule has 0 bridgehead atoms. The van der Waals surface area contributed by atoms with Crippen molar-refractivity contribution in [1.29, 1.82) is 0 Å². The fourth-order valence-corrected chi connectivity index (χ4v) is 1.67. The summed E-state index contributed by atoms with van der Waals surface area (Å²) >= 11 is 5.82. The molecule has 0 saturated heterocycles. The van der Waals surface area contributed by atoms with Crippen molar-refractivity contribution in [2.45, 2.75) is 0 Å². The molecule has 5 heteroatoms. The number of carbonyl (C=O) groups excluding carboxylic acids is 2. The van der Waals surface area contributed by atoms with Crippen molar-refractivity contribution < 1.29 is 19.1 Å². The molecule has 0 N–H and O–H groups in total. The molecule has 0 unspecified atom stereocenters. The molecule has 1 aliphatic heterocycles. The molecule has 15 heavy (non-hydrogen) atoms. The van der Waals surface area contributed by atoms with Gasteiger partial charge in [-0.3, -0.25) is 9.59 Å². The van der Waals surface area contributed by atoms with Crippen LogP contribution in [-0.2, 0) is 0 Å². The SMILES string of the molecule is O=Cc1cc(Cl)c(C=O)c2c1OCCO2. The maximum absolute atomic E-state index is 10.8. The summed E-state index contributed by atoms with van der Waals surface area (Å²) in [4.78, 5) is 21.5. The van der Waals surface area contributed by atoms with Gasteiger partial charge in [0.25, 0.3) is 0 Å². The standard InChI is InChI=1S/C10H7ClO4/c11-8-3-6(4-12)9-10(7(8)5-13)15-2-1-14-9/h3-5H,1-2H2. The van der Waals surface area contributed by atoms with Gasteiger partial charge in [-0.2, -0.15) is 0 Å². The summed E-state index contributed by atoms with van der Waals surface area (Å²) in [5.74, 6) is 0.550. The first-order valence-corrected chi connectivity index (χ1v) is 4.68. The molecule has 0 aromatic heterocycles. The molecule has 78 valence electrons. The first-order chi connectivity index (χ1) is 7.27. The smallest absolute Gasteiger partial charge is 0.174 e. The Balaban J connectivity index is 2.70. The van der Waals surface area contributed by atoms with Crippen LogP contribution >= 0.6 is 11.6 Å². The number of halogens is 1. The van der Waals surface area contributed by atoms with Crippen molar-refractivity contribution >= 4 is 24.2 Å². The van der Waals surface area contributed by atoms with Crippen molar-refractivity contribution in [3.63, 3.8) is 0 Å². The van der Waals surface area contributed by atoms with Crippen LogP contribution in [0.1, 0.15) is 20.7 Å². The fraction of sp³-hybridized carbons (Fsp3) is 0.200. The number of hydrogen-bond acceptors (Lipinski definition) is 4. The molecule has 4 nitrogen and oxygen atoms in total. The second-order valence-corrected chi connectivity index (χ2v) is 3.36. The molecule has 2 rings (SSSR count). The van der Waals surface area contributed by atoms with E-state index in [1.165, 1.54) is 6.07 Å². The Morgan fingerprint density at radius 1 is 1.13 bits per heavy atom. The van der Waals surface area contributed by atoms with Gasteiger partial charge in [0.05, 0.1) is 16.1 Å². The molecule has 1 heterocycles. The largest absolute Gasteiger partial charge is 0.485 e. The van der Waals surface area contributed by atoms with Crippen molar-refractivity contribution in [3.05, 3.63) is 22.2 Å². The number of benzene rings is 1. The lowest BCUT2D eigenvalue weighted by Crippen LogP contribution is -2.18. The lowest BCUT2D eigenvalue weighted by atomic mass is 10.1. The molecule has 0 atom stereocenters. The lowest BCUT2D eigenvalue weighted by molar-refractivity contribution is 0.109. The van der Waals surface area contributed by atoms with E-state index in [4.69, 9.17) is 21.1 Å². The summed E-state index contributed by atoms with van der Waals surface area (Å²) < 4.78 is 10.5. The lowest BCUT2D eigenvalue weighted by Gasteiger charge is -2.21. The molecule has 0 spiro atoms. The Bertz CT molecular complexity index is 428. The number of rotatable bonds is 2. The molecule has 1 aromatic carbocycles. The molecular weight excluding hydrogens is 220 g/mol. The molecule has 1 aromatic rings. The zero-order chi connectivity index (χ0) is 10.8. The van der Waals surface area contributed by atoms with Gasteiger partial charge in [-0.1, -0.05) is 11.6 Å². The summed E-state index contributed by atoms with van der Waals surface area (Å²) in [5, 5.41) is 0.191. The fourth-order valence-electron chi connectivity index (χ4n) is 1.42. The Labute approximate surface area is 90.7 Å². The highest BCUT2D eigenvalue weighted by Crippen LogP contribution is 2.39. The van der Waals surface area contributed by atoms with Crippen LogP contribution in [0.5, 0.6) is 11.5 Å². The second kappa shape index (κ2) is 3.90. The van der Waals surface area contributed by atoms with Gasteiger partial charge in [0.2, 0.25) is 0 Å². The molecule has 1 aliphatic rings. The van der Waals surface area contributed by atoms with Gasteiger partial charge in [-0.15, -0.1) is 0 Å². The van der Waals surface area contributed by atoms with Gasteiger partial charge >= 0.3 is 0 Å². The summed E-state index contributed by atoms with van der Waals surface area (Å²) in [5.41, 5.74) is 0.511. The van der Waals surface area contributed by atoms with E-state index >= 15 is 0 Å². The number of hydrogen-bond donors (Lipinski definition) is 0. The third kappa shape index (κ3) is 1.57. The van der Waals surface area contributed by atoms with Crippen molar-refractivity contribution in [1.82, 2.24) is 0 Å². The maximum Gasteiger partial charge on any atom is 0.174 e. The summed E-state index contributed by atoms with van der Waals surface area (Å²) in [6, 6.07) is 1.39. The summed E-state index contributed by atoms with van der Waals surface area (Å²) in [6.07, 6.45) is 1.21. The third-order valence-corrected chi connectivity index (χ3v) is 2.39. The van der Waals surface area contributed by atoms with E-state index in [1.54, 1.807) is 0 Å². The van der Waals surface area contributed by atoms with Gasteiger partial charge < -0.3 is 9.47 Å². The molecule has 0 amide bonds. The Morgan fingerprint density at radius 2 is 1.80 bits per heavy atom. The minimum absolute atomic E-state index is 0.191. The van der Waals surface area contributed by atoms with Crippen LogP contribution in [0.15, 0.2) is 6.07 Å². The highest BCUT2D eigenvalue weighted by Gasteiger charge is 2.22. The Morgan fingerprint density at radius 3 is 2.40 bits per heavy atom. The van der Waals surface area contributed by atoms with Crippen LogP contribution in [0.3, 0.4) is 0 Å². The highest BCUT2D eigenvalue weighted by atomic mass is 35.5. The third-order valence-electron chi connectivity index (χ3n) is 2.07. The first kappa shape index (κ1) is 9.98. The molecule has 0 fully saturated rings. The zero-order valence-electron chi connectivity index (χ0n) is 7.66. The minimum atomic E-state index is 0.191. The zero-order valence-corrected chi connectivity index (χ0v) is 8.41. The Hall–Kier alpha value is -1.55. The Kier molecular flexibility index (Phi) is 2.60. The maximum atomic E-state index is 10.8. The van der Waals surface area contributed by atoms with E-state index in [-0.39, 0.29) is 16.3 Å². The number of aldehydes is 2. The van der Waals surface area contributed by atoms with E-state index in [1.807, 2.05) is 0 Å². The van der Waals surface area contributed by atoms with Crippen LogP contribution in [0.2, 0.25) is 5.02 Å². The normalized spacial score (nSPS) is 13.4. The van der Waals surface area contributed by atoms with Crippen LogP contribution < -0.4 is 9.47 Å². The van der Waals surface area contributed by atoms with Gasteiger partial charge in [0, 0.05) is 0 Å². The number of carbonyl (C=O) groups is 2. The van der Waals surface area contributed by atoms with Crippen molar-refractivity contribution in [3.8, 4) is 11.5 Å². The van der Waals surface area contributed by atoms with E-state index in [9.17, 15) is 9.59 Å². The van der Waals surface area contributed by atoms with Gasteiger partial charge in [0.1, 0.15) is 13.2 Å². The molecule has 0 saturated carbocycles. The van der Waals surface area contributed by atoms with E-state index in [0.29, 0.717) is 37.1 Å². The summed E-state index contributed by atoms with van der Waals surface area (Å²) in [6.45, 7) is 0.695. The predicted octanol–water partition coefficient (Wildman–Crippen LogP) is 1.74. The minimum Gasteiger partial charge on any atom is -0.485 e. The average Bonchev–Trinajstić information content (AvgIpc) is 2.28. The number of fused-ring (bicyclic) bond motifs is 1. The van der Waals surface area contributed by atoms with Gasteiger partial charge in [-0.25, -0.2) is 0 Å². The van der Waals surface area contributed by atoms with Crippen molar-refractivity contribution in [2.24, 2.45) is 0 Å². The van der Waals surface area contributed by atoms with E-state index in [2.05, 4.69) is 0 Å². The van der Waals surface area contributed by atoms with E-state index < -0.39 is 0 Å². The quantitative estimate of drug-likeness (QED) is 0.721. The van der Waals surface area contributed by atoms with Crippen LogP contribution in [0.25, 0.3) is 0 Å². The van der Waals surface area contributed by atoms with Crippen LogP contribution in [0.4, 0.5) is 0 Å². The first-order valence-electron chi connectivity index (χ1n) is 4.30. The van der Waals surface area contributed by atoms with Crippen molar-refractivity contribution in [2.75, 3.05) is 13.2 Å². The topological polar surface area (TPSA) is 52.6 Å². The second-order valence-electron chi connectivity index (χ2n) is 2.95. The van der Waals surface area contributed by atoms with Gasteiger partial charge in [0.15, 0.2) is 24.1 Å². The van der Waals surface area contributed by atoms with Crippen LogP contribution in [-0.4, -0.2) is 25.8 Å². The monoisotopic (exact) mass is 226 g/mol. The average molecular weight is 227 g/mol. The molecular formula is C10H7ClO4. The molecule has 0 radical (unpaired) electrons. The summed E-state index contributed by atoms with van der Waals surface area (Å²) in [7, 11) is 0. The van der Waals surface area contributed by atoms with Gasteiger partial charge in [-0.05, 0) is 6.07 Å². The van der Waals surface area contributed by atoms with Crippen LogP contribution in [0, 0.1) is 0 Å². The molecule has 0 aliphatic carbocycles.